The lowest BCUT2D eigenvalue weighted by molar-refractivity contribution is 1.65. The second-order valence-corrected chi connectivity index (χ2v) is 5.44. The van der Waals surface area contributed by atoms with Crippen LogP contribution in [0.2, 0.25) is 0 Å². The molecule has 3 aromatic carbocycles. The Balaban J connectivity index is 1.78. The van der Waals surface area contributed by atoms with Crippen LogP contribution >= 0.6 is 0 Å². The highest BCUT2D eigenvalue weighted by molar-refractivity contribution is 6.01. The highest BCUT2D eigenvalue weighted by Crippen LogP contribution is 2.43. The molecular weight excluding hydrogens is 264 g/mol. The van der Waals surface area contributed by atoms with Crippen molar-refractivity contribution in [2.45, 2.75) is 0 Å². The van der Waals surface area contributed by atoms with Gasteiger partial charge in [-0.05, 0) is 33.4 Å². The second-order valence-electron chi connectivity index (χ2n) is 5.44. The van der Waals surface area contributed by atoms with Crippen molar-refractivity contribution in [1.82, 2.24) is 0 Å². The van der Waals surface area contributed by atoms with Crippen molar-refractivity contribution in [2.75, 3.05) is 0 Å². The molecule has 0 aliphatic heterocycles. The summed E-state index contributed by atoms with van der Waals surface area (Å²) in [5.74, 6) is 0. The van der Waals surface area contributed by atoms with Crippen LogP contribution in [0.5, 0.6) is 0 Å². The van der Waals surface area contributed by atoms with Gasteiger partial charge in [0.15, 0.2) is 0 Å². The van der Waals surface area contributed by atoms with Crippen molar-refractivity contribution in [3.8, 4) is 11.1 Å². The Kier molecular flexibility index (Phi) is 3.21. The van der Waals surface area contributed by atoms with E-state index in [4.69, 9.17) is 0 Å². The van der Waals surface area contributed by atoms with Crippen LogP contribution in [0.15, 0.2) is 91.0 Å². The van der Waals surface area contributed by atoms with Gasteiger partial charge in [-0.25, -0.2) is 0 Å². The Bertz CT molecular complexity index is 820. The van der Waals surface area contributed by atoms with Crippen LogP contribution < -0.4 is 0 Å². The third-order valence-electron chi connectivity index (χ3n) is 4.08. The van der Waals surface area contributed by atoms with Crippen LogP contribution in [0.1, 0.15) is 16.7 Å². The molecule has 0 atom stereocenters. The minimum absolute atomic E-state index is 1.22. The fourth-order valence-corrected chi connectivity index (χ4v) is 3.05. The first-order valence-electron chi connectivity index (χ1n) is 7.56. The largest absolute Gasteiger partial charge is 0.0622 e. The van der Waals surface area contributed by atoms with Gasteiger partial charge in [0.1, 0.15) is 0 Å². The predicted octanol–water partition coefficient (Wildman–Crippen LogP) is 5.81. The van der Waals surface area contributed by atoms with Crippen LogP contribution in [0.4, 0.5) is 0 Å². The maximum Gasteiger partial charge on any atom is -0.00990 e. The molecule has 4 rings (SSSR count). The van der Waals surface area contributed by atoms with Gasteiger partial charge in [0.2, 0.25) is 0 Å². The molecule has 3 aromatic rings. The van der Waals surface area contributed by atoms with Crippen molar-refractivity contribution in [2.24, 2.45) is 0 Å². The number of allylic oxidation sites excluding steroid dienone is 2. The van der Waals surface area contributed by atoms with Gasteiger partial charge in [-0.15, -0.1) is 0 Å². The molecule has 1 aliphatic carbocycles. The molecule has 0 unspecified atom stereocenters. The molecule has 0 aromatic heterocycles. The van der Waals surface area contributed by atoms with E-state index in [2.05, 4.69) is 91.0 Å². The first kappa shape index (κ1) is 12.8. The Morgan fingerprint density at radius 2 is 1.00 bits per heavy atom. The van der Waals surface area contributed by atoms with Crippen LogP contribution in [-0.2, 0) is 0 Å². The Labute approximate surface area is 131 Å². The molecule has 0 bridgehead atoms. The molecule has 0 saturated heterocycles. The average Bonchev–Trinajstić information content (AvgIpc) is 2.91. The summed E-state index contributed by atoms with van der Waals surface area (Å²) in [6, 6.07) is 27.7. The van der Waals surface area contributed by atoms with Crippen molar-refractivity contribution in [3.63, 3.8) is 0 Å². The normalized spacial score (nSPS) is 12.3. The zero-order valence-electron chi connectivity index (χ0n) is 12.2. The Morgan fingerprint density at radius 3 is 1.59 bits per heavy atom. The smallest absolute Gasteiger partial charge is 0.00990 e. The van der Waals surface area contributed by atoms with Crippen molar-refractivity contribution in [1.29, 1.82) is 0 Å². The number of hydrogen-bond acceptors (Lipinski definition) is 0. The first-order valence-corrected chi connectivity index (χ1v) is 7.56. The van der Waals surface area contributed by atoms with Gasteiger partial charge < -0.3 is 0 Å². The minimum Gasteiger partial charge on any atom is -0.0622 e. The first-order chi connectivity index (χ1) is 10.9. The summed E-state index contributed by atoms with van der Waals surface area (Å²) in [5.41, 5.74) is 7.83. The van der Waals surface area contributed by atoms with Crippen molar-refractivity contribution in [3.05, 3.63) is 108 Å². The number of rotatable bonds is 2. The standard InChI is InChI=1S/C22H16/c1-2-9-17(10-3-1)11-8-16-22-20-14-6-4-12-18(20)19-13-5-7-15-21(19)22/h1-16H/b11-8+. The summed E-state index contributed by atoms with van der Waals surface area (Å²) in [6.45, 7) is 0. The van der Waals surface area contributed by atoms with E-state index in [1.807, 2.05) is 6.07 Å². The summed E-state index contributed by atoms with van der Waals surface area (Å²) in [7, 11) is 0. The number of benzene rings is 3. The monoisotopic (exact) mass is 280 g/mol. The summed E-state index contributed by atoms with van der Waals surface area (Å²) in [5, 5.41) is 0. The molecule has 22 heavy (non-hydrogen) atoms. The molecule has 1 aliphatic rings. The van der Waals surface area contributed by atoms with E-state index in [9.17, 15) is 0 Å². The quantitative estimate of drug-likeness (QED) is 0.434. The molecule has 104 valence electrons. The molecule has 0 nitrogen and oxygen atoms in total. The molecule has 0 N–H and O–H groups in total. The lowest BCUT2D eigenvalue weighted by atomic mass is 10.0. The maximum absolute atomic E-state index is 2.22. The molecule has 0 radical (unpaired) electrons. The lowest BCUT2D eigenvalue weighted by Gasteiger charge is -2.00. The molecule has 0 heterocycles. The predicted molar refractivity (Wildman–Crippen MR) is 94.4 cm³/mol. The molecule has 0 heteroatoms. The number of hydrogen-bond donors (Lipinski definition) is 0. The van der Waals surface area contributed by atoms with E-state index in [1.165, 1.54) is 33.4 Å². The van der Waals surface area contributed by atoms with Crippen molar-refractivity contribution < 1.29 is 0 Å². The fraction of sp³-hybridized carbons (Fsp3) is 0. The highest BCUT2D eigenvalue weighted by Gasteiger charge is 2.21. The summed E-state index contributed by atoms with van der Waals surface area (Å²) < 4.78 is 0. The van der Waals surface area contributed by atoms with Gasteiger partial charge in [0.05, 0.1) is 0 Å². The van der Waals surface area contributed by atoms with Gasteiger partial charge in [-0.3, -0.25) is 0 Å². The molecule has 0 fully saturated rings. The summed E-state index contributed by atoms with van der Waals surface area (Å²) >= 11 is 0. The topological polar surface area (TPSA) is 0 Å². The van der Waals surface area contributed by atoms with E-state index >= 15 is 0 Å². The molecule has 0 spiro atoms. The van der Waals surface area contributed by atoms with Gasteiger partial charge in [0.25, 0.3) is 0 Å². The minimum atomic E-state index is 1.22. The van der Waals surface area contributed by atoms with E-state index in [-0.39, 0.29) is 0 Å². The third-order valence-corrected chi connectivity index (χ3v) is 4.08. The van der Waals surface area contributed by atoms with Crippen molar-refractivity contribution >= 4 is 11.6 Å². The SMILES string of the molecule is C(/C=C/c1ccccc1)=C1c2ccccc2-c2ccccc21. The maximum atomic E-state index is 2.22. The Hall–Kier alpha value is -2.86. The summed E-state index contributed by atoms with van der Waals surface area (Å²) in [6.07, 6.45) is 6.51. The lowest BCUT2D eigenvalue weighted by Crippen LogP contribution is -1.79. The number of fused-ring (bicyclic) bond motifs is 3. The fourth-order valence-electron chi connectivity index (χ4n) is 3.05. The molecular formula is C22H16. The second kappa shape index (κ2) is 5.50. The van der Waals surface area contributed by atoms with Crippen LogP contribution in [0.3, 0.4) is 0 Å². The average molecular weight is 280 g/mol. The Morgan fingerprint density at radius 1 is 0.500 bits per heavy atom. The van der Waals surface area contributed by atoms with E-state index in [1.54, 1.807) is 0 Å². The van der Waals surface area contributed by atoms with Gasteiger partial charge in [-0.1, -0.05) is 97.1 Å². The highest BCUT2D eigenvalue weighted by atomic mass is 14.2. The van der Waals surface area contributed by atoms with Crippen LogP contribution in [0, 0.1) is 0 Å². The van der Waals surface area contributed by atoms with Gasteiger partial charge >= 0.3 is 0 Å². The molecule has 0 amide bonds. The summed E-state index contributed by atoms with van der Waals surface area (Å²) in [4.78, 5) is 0. The van der Waals surface area contributed by atoms with E-state index < -0.39 is 0 Å². The zero-order chi connectivity index (χ0) is 14.8. The van der Waals surface area contributed by atoms with Gasteiger partial charge in [-0.2, -0.15) is 0 Å². The van der Waals surface area contributed by atoms with Crippen LogP contribution in [-0.4, -0.2) is 0 Å². The molecule has 0 saturated carbocycles. The van der Waals surface area contributed by atoms with E-state index in [0.717, 1.165) is 0 Å². The van der Waals surface area contributed by atoms with Gasteiger partial charge in [0, 0.05) is 0 Å². The van der Waals surface area contributed by atoms with Crippen LogP contribution in [0.25, 0.3) is 22.8 Å². The zero-order valence-corrected chi connectivity index (χ0v) is 12.2. The third kappa shape index (κ3) is 2.19. The van der Waals surface area contributed by atoms with E-state index in [0.29, 0.717) is 0 Å².